The van der Waals surface area contributed by atoms with Crippen LogP contribution in [0.2, 0.25) is 0 Å². The van der Waals surface area contributed by atoms with E-state index in [1.54, 1.807) is 11.3 Å². The van der Waals surface area contributed by atoms with E-state index < -0.39 is 0 Å². The highest BCUT2D eigenvalue weighted by molar-refractivity contribution is 7.10. The van der Waals surface area contributed by atoms with Crippen molar-refractivity contribution in [1.29, 1.82) is 0 Å². The number of anilines is 1. The summed E-state index contributed by atoms with van der Waals surface area (Å²) in [5, 5.41) is 4.98. The van der Waals surface area contributed by atoms with Crippen molar-refractivity contribution in [2.24, 2.45) is 0 Å². The number of aryl methyl sites for hydroxylation is 1. The lowest BCUT2D eigenvalue weighted by molar-refractivity contribution is -0.133. The Morgan fingerprint density at radius 1 is 1.21 bits per heavy atom. The molecule has 0 spiro atoms. The predicted octanol–water partition coefficient (Wildman–Crippen LogP) is 3.81. The molecular formula is C21H24N4O2S. The van der Waals surface area contributed by atoms with E-state index in [4.69, 9.17) is 0 Å². The van der Waals surface area contributed by atoms with Crippen LogP contribution in [0.3, 0.4) is 0 Å². The average Bonchev–Trinajstić information content (AvgIpc) is 3.30. The van der Waals surface area contributed by atoms with Crippen molar-refractivity contribution in [3.8, 4) is 0 Å². The number of rotatable bonds is 6. The molecule has 2 amide bonds. The predicted molar refractivity (Wildman–Crippen MR) is 111 cm³/mol. The standard InChI is InChI=1S/C21H24N4O2S/c1-2-11-25-17-6-4-3-5-16(17)22-21(25)23-19(26)7-8-20(27)24-12-9-18-15(14-24)10-13-28-18/h3-6,10,13H,2,7-9,11-12,14H2,1H3,(H,22,23,26). The van der Waals surface area contributed by atoms with Gasteiger partial charge in [0.1, 0.15) is 0 Å². The lowest BCUT2D eigenvalue weighted by Crippen LogP contribution is -2.35. The van der Waals surface area contributed by atoms with Gasteiger partial charge in [-0.05, 0) is 42.0 Å². The Kier molecular flexibility index (Phi) is 5.43. The van der Waals surface area contributed by atoms with Gasteiger partial charge in [-0.25, -0.2) is 4.98 Å². The smallest absolute Gasteiger partial charge is 0.227 e. The molecule has 0 saturated heterocycles. The van der Waals surface area contributed by atoms with Crippen LogP contribution in [-0.4, -0.2) is 32.8 Å². The van der Waals surface area contributed by atoms with E-state index in [2.05, 4.69) is 28.7 Å². The highest BCUT2D eigenvalue weighted by Crippen LogP contribution is 2.24. The van der Waals surface area contributed by atoms with Crippen molar-refractivity contribution >= 4 is 40.1 Å². The van der Waals surface area contributed by atoms with Crippen molar-refractivity contribution in [1.82, 2.24) is 14.5 Å². The molecule has 4 rings (SSSR count). The molecule has 0 unspecified atom stereocenters. The second-order valence-corrected chi connectivity index (χ2v) is 8.06. The fourth-order valence-corrected chi connectivity index (χ4v) is 4.54. The zero-order chi connectivity index (χ0) is 19.5. The van der Waals surface area contributed by atoms with Crippen molar-refractivity contribution in [3.05, 3.63) is 46.2 Å². The Morgan fingerprint density at radius 3 is 2.93 bits per heavy atom. The van der Waals surface area contributed by atoms with Crippen molar-refractivity contribution in [2.75, 3.05) is 11.9 Å². The molecule has 7 heteroatoms. The number of aromatic nitrogens is 2. The largest absolute Gasteiger partial charge is 0.338 e. The molecule has 1 aromatic carbocycles. The van der Waals surface area contributed by atoms with Gasteiger partial charge in [-0.3, -0.25) is 14.9 Å². The van der Waals surface area contributed by atoms with Crippen LogP contribution in [0.25, 0.3) is 11.0 Å². The molecule has 146 valence electrons. The lowest BCUT2D eigenvalue weighted by atomic mass is 10.1. The zero-order valence-corrected chi connectivity index (χ0v) is 16.8. The van der Waals surface area contributed by atoms with Crippen molar-refractivity contribution in [3.63, 3.8) is 0 Å². The molecule has 0 saturated carbocycles. The molecule has 28 heavy (non-hydrogen) atoms. The van der Waals surface area contributed by atoms with Gasteiger partial charge >= 0.3 is 0 Å². The molecule has 3 heterocycles. The molecule has 3 aromatic rings. The first-order valence-corrected chi connectivity index (χ1v) is 10.6. The lowest BCUT2D eigenvalue weighted by Gasteiger charge is -2.27. The maximum Gasteiger partial charge on any atom is 0.227 e. The van der Waals surface area contributed by atoms with E-state index in [0.717, 1.165) is 37.0 Å². The van der Waals surface area contributed by atoms with Gasteiger partial charge in [-0.1, -0.05) is 19.1 Å². The summed E-state index contributed by atoms with van der Waals surface area (Å²) in [7, 11) is 0. The number of amides is 2. The molecule has 6 nitrogen and oxygen atoms in total. The zero-order valence-electron chi connectivity index (χ0n) is 16.0. The second kappa shape index (κ2) is 8.14. The fraction of sp³-hybridized carbons (Fsp3) is 0.381. The SMILES string of the molecule is CCCn1c(NC(=O)CCC(=O)N2CCc3sccc3C2)nc2ccccc21. The van der Waals surface area contributed by atoms with Crippen LogP contribution in [0.15, 0.2) is 35.7 Å². The molecule has 1 N–H and O–H groups in total. The number of imidazole rings is 1. The quantitative estimate of drug-likeness (QED) is 0.689. The molecule has 0 radical (unpaired) electrons. The highest BCUT2D eigenvalue weighted by atomic mass is 32.1. The van der Waals surface area contributed by atoms with Crippen LogP contribution in [0.1, 0.15) is 36.6 Å². The van der Waals surface area contributed by atoms with Gasteiger partial charge in [0.15, 0.2) is 0 Å². The Balaban J connectivity index is 1.37. The number of hydrogen-bond donors (Lipinski definition) is 1. The van der Waals surface area contributed by atoms with Gasteiger partial charge in [0.25, 0.3) is 0 Å². The number of benzene rings is 1. The summed E-state index contributed by atoms with van der Waals surface area (Å²) in [4.78, 5) is 32.8. The first-order valence-electron chi connectivity index (χ1n) is 9.74. The number of fused-ring (bicyclic) bond motifs is 2. The second-order valence-electron chi connectivity index (χ2n) is 7.06. The number of hydrogen-bond acceptors (Lipinski definition) is 4. The molecule has 2 aromatic heterocycles. The van der Waals surface area contributed by atoms with Gasteiger partial charge in [0.2, 0.25) is 17.8 Å². The van der Waals surface area contributed by atoms with E-state index in [9.17, 15) is 9.59 Å². The Morgan fingerprint density at radius 2 is 2.07 bits per heavy atom. The van der Waals surface area contributed by atoms with E-state index in [0.29, 0.717) is 12.5 Å². The molecule has 1 aliphatic rings. The van der Waals surface area contributed by atoms with Gasteiger partial charge < -0.3 is 9.47 Å². The third-order valence-electron chi connectivity index (χ3n) is 5.08. The topological polar surface area (TPSA) is 67.2 Å². The Hall–Kier alpha value is -2.67. The molecule has 0 aliphatic carbocycles. The summed E-state index contributed by atoms with van der Waals surface area (Å²) in [6.45, 7) is 4.27. The van der Waals surface area contributed by atoms with Crippen LogP contribution < -0.4 is 5.32 Å². The molecular weight excluding hydrogens is 372 g/mol. The normalized spacial score (nSPS) is 13.5. The van der Waals surface area contributed by atoms with E-state index in [1.165, 1.54) is 10.4 Å². The number of nitrogens with zero attached hydrogens (tertiary/aromatic N) is 3. The number of carbonyl (C=O) groups excluding carboxylic acids is 2. The first kappa shape index (κ1) is 18.7. The van der Waals surface area contributed by atoms with Crippen LogP contribution in [0.4, 0.5) is 5.95 Å². The Labute approximate surface area is 168 Å². The monoisotopic (exact) mass is 396 g/mol. The molecule has 0 atom stereocenters. The average molecular weight is 397 g/mol. The summed E-state index contributed by atoms with van der Waals surface area (Å²) < 4.78 is 2.03. The number of nitrogens with one attached hydrogen (secondary N) is 1. The fourth-order valence-electron chi connectivity index (χ4n) is 3.65. The summed E-state index contributed by atoms with van der Waals surface area (Å²) in [5.41, 5.74) is 3.11. The molecule has 0 fully saturated rings. The van der Waals surface area contributed by atoms with Gasteiger partial charge in [-0.2, -0.15) is 0 Å². The molecule has 0 bridgehead atoms. The van der Waals surface area contributed by atoms with Gasteiger partial charge in [0, 0.05) is 37.4 Å². The maximum atomic E-state index is 12.5. The summed E-state index contributed by atoms with van der Waals surface area (Å²) in [6.07, 6.45) is 2.24. The maximum absolute atomic E-state index is 12.5. The van der Waals surface area contributed by atoms with Crippen molar-refractivity contribution in [2.45, 2.75) is 45.7 Å². The van der Waals surface area contributed by atoms with Crippen LogP contribution in [0, 0.1) is 0 Å². The minimum Gasteiger partial charge on any atom is -0.338 e. The minimum atomic E-state index is -0.172. The number of thiophene rings is 1. The highest BCUT2D eigenvalue weighted by Gasteiger charge is 2.22. The van der Waals surface area contributed by atoms with E-state index in [1.807, 2.05) is 33.7 Å². The van der Waals surface area contributed by atoms with Crippen LogP contribution in [-0.2, 0) is 29.1 Å². The third-order valence-corrected chi connectivity index (χ3v) is 6.10. The van der Waals surface area contributed by atoms with Gasteiger partial charge in [-0.15, -0.1) is 11.3 Å². The van der Waals surface area contributed by atoms with Gasteiger partial charge in [0.05, 0.1) is 11.0 Å². The van der Waals surface area contributed by atoms with Crippen LogP contribution >= 0.6 is 11.3 Å². The van der Waals surface area contributed by atoms with Crippen molar-refractivity contribution < 1.29 is 9.59 Å². The number of para-hydroxylation sites is 2. The first-order chi connectivity index (χ1) is 13.7. The summed E-state index contributed by atoms with van der Waals surface area (Å²) >= 11 is 1.75. The van der Waals surface area contributed by atoms with E-state index in [-0.39, 0.29) is 24.7 Å². The van der Waals surface area contributed by atoms with Crippen LogP contribution in [0.5, 0.6) is 0 Å². The third kappa shape index (κ3) is 3.80. The summed E-state index contributed by atoms with van der Waals surface area (Å²) in [6, 6.07) is 9.94. The number of carbonyl (C=O) groups is 2. The minimum absolute atomic E-state index is 0.0362. The summed E-state index contributed by atoms with van der Waals surface area (Å²) in [5.74, 6) is 0.421. The van der Waals surface area contributed by atoms with E-state index >= 15 is 0 Å². The molecule has 1 aliphatic heterocycles. The Bertz CT molecular complexity index is 1010.